The van der Waals surface area contributed by atoms with Crippen LogP contribution >= 0.6 is 0 Å². The fraction of sp³-hybridized carbons (Fsp3) is 0.950. The molecule has 0 radical (unpaired) electrons. The van der Waals surface area contributed by atoms with Crippen molar-refractivity contribution in [3.05, 3.63) is 0 Å². The normalized spacial score (nSPS) is 12.1. The maximum atomic E-state index is 12.8. The number of esters is 3. The van der Waals surface area contributed by atoms with E-state index in [1.807, 2.05) is 0 Å². The molecule has 0 saturated heterocycles. The highest BCUT2D eigenvalue weighted by molar-refractivity contribution is 5.71. The van der Waals surface area contributed by atoms with Crippen LogP contribution in [0.15, 0.2) is 0 Å². The van der Waals surface area contributed by atoms with Crippen molar-refractivity contribution in [3.63, 3.8) is 0 Å². The summed E-state index contributed by atoms with van der Waals surface area (Å²) in [6, 6.07) is 0. The predicted octanol–water partition coefficient (Wildman–Crippen LogP) is 19.5. The third-order valence-corrected chi connectivity index (χ3v) is 13.6. The largest absolute Gasteiger partial charge is 0.462 e. The van der Waals surface area contributed by atoms with Crippen LogP contribution < -0.4 is 0 Å². The molecule has 0 rings (SSSR count). The minimum Gasteiger partial charge on any atom is -0.462 e. The smallest absolute Gasteiger partial charge is 0.306 e. The second-order valence-corrected chi connectivity index (χ2v) is 22.1. The lowest BCUT2D eigenvalue weighted by molar-refractivity contribution is -0.167. The fourth-order valence-electron chi connectivity index (χ4n) is 9.18. The summed E-state index contributed by atoms with van der Waals surface area (Å²) in [6.07, 6.45) is 53.8. The second-order valence-electron chi connectivity index (χ2n) is 22.1. The molecule has 0 bridgehead atoms. The number of rotatable bonds is 53. The Labute approximate surface area is 412 Å². The van der Waals surface area contributed by atoms with Crippen LogP contribution in [0.5, 0.6) is 0 Å². The number of hydrogen-bond acceptors (Lipinski definition) is 6. The molecule has 0 unspecified atom stereocenters. The lowest BCUT2D eigenvalue weighted by Gasteiger charge is -2.18. The molecule has 66 heavy (non-hydrogen) atoms. The van der Waals surface area contributed by atoms with Crippen molar-refractivity contribution in [3.8, 4) is 0 Å². The second kappa shape index (κ2) is 51.3. The molecule has 0 heterocycles. The molecule has 0 fully saturated rings. The minimum absolute atomic E-state index is 0.0634. The van der Waals surface area contributed by atoms with E-state index in [1.54, 1.807) is 0 Å². The summed E-state index contributed by atoms with van der Waals surface area (Å²) in [4.78, 5) is 38.2. The lowest BCUT2D eigenvalue weighted by Crippen LogP contribution is -2.30. The van der Waals surface area contributed by atoms with Gasteiger partial charge in [0, 0.05) is 19.3 Å². The SMILES string of the molecule is CC(C)CCCCCCCCCCCCCCCCCCC(=O)OC[C@H](COC(=O)CCCCCCCCCCCCCCCC(C)C)OC(=O)CCCCCCCCCCCCC(C)C. The standard InChI is InChI=1S/C60H116O6/c1-54(2)46-40-34-28-22-16-12-9-7-8-10-14-18-25-31-37-43-49-58(61)64-52-57(66-60(63)51-45-39-33-27-21-20-24-30-36-42-48-56(5)6)53-65-59(62)50-44-38-32-26-19-15-11-13-17-23-29-35-41-47-55(3)4/h54-57H,7-53H2,1-6H3/t57-/m1/s1. The van der Waals surface area contributed by atoms with Crippen molar-refractivity contribution in [2.75, 3.05) is 13.2 Å². The Morgan fingerprint density at radius 3 is 0.652 bits per heavy atom. The number of hydrogen-bond donors (Lipinski definition) is 0. The quantitative estimate of drug-likeness (QED) is 0.0343. The first-order valence-corrected chi connectivity index (χ1v) is 29.6. The van der Waals surface area contributed by atoms with Crippen LogP contribution in [0.4, 0.5) is 0 Å². The zero-order valence-electron chi connectivity index (χ0n) is 45.5. The average molecular weight is 934 g/mol. The van der Waals surface area contributed by atoms with Crippen LogP contribution in [-0.2, 0) is 28.6 Å². The Bertz CT molecular complexity index is 1020. The zero-order chi connectivity index (χ0) is 48.4. The van der Waals surface area contributed by atoms with Crippen LogP contribution in [0, 0.1) is 17.8 Å². The lowest BCUT2D eigenvalue weighted by atomic mass is 10.0. The van der Waals surface area contributed by atoms with E-state index in [2.05, 4.69) is 41.5 Å². The van der Waals surface area contributed by atoms with Gasteiger partial charge in [0.25, 0.3) is 0 Å². The zero-order valence-corrected chi connectivity index (χ0v) is 45.5. The van der Waals surface area contributed by atoms with E-state index in [-0.39, 0.29) is 31.1 Å². The molecule has 6 nitrogen and oxygen atoms in total. The third-order valence-electron chi connectivity index (χ3n) is 13.6. The Balaban J connectivity index is 4.27. The number of carbonyl (C=O) groups excluding carboxylic acids is 3. The summed E-state index contributed by atoms with van der Waals surface area (Å²) in [5, 5.41) is 0. The van der Waals surface area contributed by atoms with Gasteiger partial charge in [-0.3, -0.25) is 14.4 Å². The summed E-state index contributed by atoms with van der Waals surface area (Å²) < 4.78 is 16.9. The molecule has 0 aliphatic carbocycles. The molecule has 0 amide bonds. The third kappa shape index (κ3) is 53.4. The predicted molar refractivity (Wildman–Crippen MR) is 284 cm³/mol. The topological polar surface area (TPSA) is 78.9 Å². The van der Waals surface area contributed by atoms with Gasteiger partial charge in [-0.2, -0.15) is 0 Å². The van der Waals surface area contributed by atoms with Gasteiger partial charge in [-0.1, -0.05) is 292 Å². The van der Waals surface area contributed by atoms with Gasteiger partial charge in [-0.15, -0.1) is 0 Å². The van der Waals surface area contributed by atoms with E-state index < -0.39 is 6.10 Å². The number of unbranched alkanes of at least 4 members (excludes halogenated alkanes) is 36. The number of carbonyl (C=O) groups is 3. The van der Waals surface area contributed by atoms with E-state index in [1.165, 1.54) is 212 Å². The van der Waals surface area contributed by atoms with Crippen LogP contribution in [-0.4, -0.2) is 37.2 Å². The van der Waals surface area contributed by atoms with E-state index >= 15 is 0 Å². The van der Waals surface area contributed by atoms with E-state index in [0.717, 1.165) is 75.5 Å². The Morgan fingerprint density at radius 1 is 0.258 bits per heavy atom. The molecule has 0 aromatic heterocycles. The molecule has 0 aliphatic heterocycles. The van der Waals surface area contributed by atoms with Gasteiger partial charge < -0.3 is 14.2 Å². The van der Waals surface area contributed by atoms with Crippen molar-refractivity contribution in [1.29, 1.82) is 0 Å². The first kappa shape index (κ1) is 64.4. The highest BCUT2D eigenvalue weighted by Crippen LogP contribution is 2.19. The van der Waals surface area contributed by atoms with Crippen molar-refractivity contribution >= 4 is 17.9 Å². The van der Waals surface area contributed by atoms with E-state index in [0.29, 0.717) is 19.3 Å². The molecule has 6 heteroatoms. The molecule has 0 aromatic rings. The van der Waals surface area contributed by atoms with E-state index in [4.69, 9.17) is 14.2 Å². The first-order valence-electron chi connectivity index (χ1n) is 29.6. The van der Waals surface area contributed by atoms with Gasteiger partial charge >= 0.3 is 17.9 Å². The molecule has 0 N–H and O–H groups in total. The van der Waals surface area contributed by atoms with Crippen LogP contribution in [0.2, 0.25) is 0 Å². The molecule has 0 spiro atoms. The molecule has 0 saturated carbocycles. The summed E-state index contributed by atoms with van der Waals surface area (Å²) in [5.74, 6) is 1.67. The summed E-state index contributed by atoms with van der Waals surface area (Å²) in [7, 11) is 0. The van der Waals surface area contributed by atoms with Gasteiger partial charge in [0.05, 0.1) is 0 Å². The first-order chi connectivity index (χ1) is 32.1. The molecular formula is C60H116O6. The van der Waals surface area contributed by atoms with Crippen LogP contribution in [0.1, 0.15) is 330 Å². The Hall–Kier alpha value is -1.59. The van der Waals surface area contributed by atoms with Gasteiger partial charge in [-0.25, -0.2) is 0 Å². The molecule has 0 aromatic carbocycles. The van der Waals surface area contributed by atoms with Crippen LogP contribution in [0.3, 0.4) is 0 Å². The minimum atomic E-state index is -0.764. The Kier molecular flexibility index (Phi) is 50.0. The molecule has 392 valence electrons. The van der Waals surface area contributed by atoms with Crippen molar-refractivity contribution in [2.24, 2.45) is 17.8 Å². The monoisotopic (exact) mass is 933 g/mol. The summed E-state index contributed by atoms with van der Waals surface area (Å²) in [5.41, 5.74) is 0. The number of ether oxygens (including phenoxy) is 3. The van der Waals surface area contributed by atoms with Gasteiger partial charge in [0.15, 0.2) is 6.10 Å². The van der Waals surface area contributed by atoms with Gasteiger partial charge in [0.2, 0.25) is 0 Å². The molecule has 0 aliphatic rings. The molecular weight excluding hydrogens is 817 g/mol. The maximum Gasteiger partial charge on any atom is 0.306 e. The van der Waals surface area contributed by atoms with Gasteiger partial charge in [0.1, 0.15) is 13.2 Å². The van der Waals surface area contributed by atoms with Crippen molar-refractivity contribution in [2.45, 2.75) is 337 Å². The highest BCUT2D eigenvalue weighted by Gasteiger charge is 2.19. The van der Waals surface area contributed by atoms with E-state index in [9.17, 15) is 14.4 Å². The summed E-state index contributed by atoms with van der Waals surface area (Å²) in [6.45, 7) is 13.8. The fourth-order valence-corrected chi connectivity index (χ4v) is 9.18. The van der Waals surface area contributed by atoms with Crippen LogP contribution in [0.25, 0.3) is 0 Å². The average Bonchev–Trinajstić information content (AvgIpc) is 3.28. The maximum absolute atomic E-state index is 12.8. The van der Waals surface area contributed by atoms with Crippen molar-refractivity contribution < 1.29 is 28.6 Å². The van der Waals surface area contributed by atoms with Crippen molar-refractivity contribution in [1.82, 2.24) is 0 Å². The van der Waals surface area contributed by atoms with Gasteiger partial charge in [-0.05, 0) is 37.0 Å². The summed E-state index contributed by atoms with van der Waals surface area (Å²) >= 11 is 0. The Morgan fingerprint density at radius 2 is 0.439 bits per heavy atom. The molecule has 1 atom stereocenters. The highest BCUT2D eigenvalue weighted by atomic mass is 16.6.